The lowest BCUT2D eigenvalue weighted by molar-refractivity contribution is 0.0644. The topological polar surface area (TPSA) is 88.8 Å². The van der Waals surface area contributed by atoms with Crippen molar-refractivity contribution in [1.82, 2.24) is 9.62 Å². The summed E-state index contributed by atoms with van der Waals surface area (Å²) in [6.07, 6.45) is 0. The number of nitrogens with zero attached hydrogens (tertiary/aromatic N) is 1. The number of carbonyl (C=O) groups is 1. The van der Waals surface area contributed by atoms with E-state index in [2.05, 4.69) is 4.72 Å². The van der Waals surface area contributed by atoms with Crippen LogP contribution in [0.4, 0.5) is 0 Å². The van der Waals surface area contributed by atoms with Gasteiger partial charge in [0.15, 0.2) is 5.76 Å². The Bertz CT molecular complexity index is 854. The van der Waals surface area contributed by atoms with Gasteiger partial charge in [0.2, 0.25) is 5.09 Å². The Morgan fingerprint density at radius 3 is 2.41 bits per heavy atom. The van der Waals surface area contributed by atoms with Crippen molar-refractivity contribution in [2.24, 2.45) is 0 Å². The Kier molecular flexibility index (Phi) is 6.80. The molecule has 1 N–H and O–H groups in total. The molecule has 27 heavy (non-hydrogen) atoms. The monoisotopic (exact) mass is 394 g/mol. The van der Waals surface area contributed by atoms with Crippen molar-refractivity contribution in [3.8, 4) is 0 Å². The number of amides is 1. The maximum atomic E-state index is 12.8. The molecule has 0 saturated heterocycles. The van der Waals surface area contributed by atoms with Gasteiger partial charge < -0.3 is 14.1 Å². The number of hydrogen-bond donors (Lipinski definition) is 1. The first-order chi connectivity index (χ1) is 12.6. The zero-order chi connectivity index (χ0) is 20.1. The molecule has 0 unspecified atom stereocenters. The Hall–Kier alpha value is -2.16. The molecule has 0 aliphatic heterocycles. The van der Waals surface area contributed by atoms with E-state index in [0.29, 0.717) is 19.7 Å². The van der Waals surface area contributed by atoms with E-state index in [-0.39, 0.29) is 10.9 Å². The number of carbonyl (C=O) groups excluding carboxylic acids is 1. The summed E-state index contributed by atoms with van der Waals surface area (Å²) in [5.41, 5.74) is 0.295. The van der Waals surface area contributed by atoms with Crippen LogP contribution in [0.5, 0.6) is 0 Å². The Labute approximate surface area is 160 Å². The van der Waals surface area contributed by atoms with Crippen LogP contribution in [0.15, 0.2) is 52.0 Å². The lowest BCUT2D eigenvalue weighted by atomic mass is 10.1. The van der Waals surface area contributed by atoms with E-state index < -0.39 is 21.5 Å². The Balaban J connectivity index is 2.21. The third-order valence-corrected chi connectivity index (χ3v) is 5.20. The predicted molar refractivity (Wildman–Crippen MR) is 102 cm³/mol. The van der Waals surface area contributed by atoms with Gasteiger partial charge in [-0.3, -0.25) is 4.79 Å². The molecule has 2 rings (SSSR count). The van der Waals surface area contributed by atoms with Crippen LogP contribution in [0.1, 0.15) is 36.9 Å². The van der Waals surface area contributed by atoms with Gasteiger partial charge in [-0.05, 0) is 38.5 Å². The van der Waals surface area contributed by atoms with E-state index in [1.807, 2.05) is 30.3 Å². The van der Waals surface area contributed by atoms with E-state index in [1.54, 1.807) is 32.8 Å². The first-order valence-corrected chi connectivity index (χ1v) is 10.1. The molecule has 7 nitrogen and oxygen atoms in total. The predicted octanol–water partition coefficient (Wildman–Crippen LogP) is 2.65. The summed E-state index contributed by atoms with van der Waals surface area (Å²) in [5.74, 6) is -0.426. The standard InChI is InChI=1S/C19H26N2O5S/c1-19(2,3)20-27(23,24)17-11-10-16(26-17)18(22)21(12-13-25-4)14-15-8-6-5-7-9-15/h5-11,20H,12-14H2,1-4H3. The van der Waals surface area contributed by atoms with Gasteiger partial charge in [-0.25, -0.2) is 13.1 Å². The van der Waals surface area contributed by atoms with E-state index >= 15 is 0 Å². The van der Waals surface area contributed by atoms with Crippen molar-refractivity contribution < 1.29 is 22.4 Å². The summed E-state index contributed by atoms with van der Waals surface area (Å²) in [6, 6.07) is 12.2. The van der Waals surface area contributed by atoms with Gasteiger partial charge in [0.25, 0.3) is 15.9 Å². The van der Waals surface area contributed by atoms with E-state index in [4.69, 9.17) is 9.15 Å². The first-order valence-electron chi connectivity index (χ1n) is 8.58. The molecule has 0 saturated carbocycles. The third kappa shape index (κ3) is 6.20. The molecule has 0 bridgehead atoms. The molecule has 0 spiro atoms. The van der Waals surface area contributed by atoms with Crippen molar-refractivity contribution in [2.75, 3.05) is 20.3 Å². The fraction of sp³-hybridized carbons (Fsp3) is 0.421. The summed E-state index contributed by atoms with van der Waals surface area (Å²) in [7, 11) is -2.29. The van der Waals surface area contributed by atoms with Gasteiger partial charge in [-0.15, -0.1) is 0 Å². The Morgan fingerprint density at radius 2 is 1.81 bits per heavy atom. The molecular formula is C19H26N2O5S. The molecule has 148 valence electrons. The normalized spacial score (nSPS) is 12.1. The molecule has 0 fully saturated rings. The number of rotatable bonds is 8. The van der Waals surface area contributed by atoms with Crippen molar-refractivity contribution in [3.05, 3.63) is 53.8 Å². The van der Waals surface area contributed by atoms with Crippen molar-refractivity contribution in [1.29, 1.82) is 0 Å². The molecule has 8 heteroatoms. The zero-order valence-electron chi connectivity index (χ0n) is 16.1. The summed E-state index contributed by atoms with van der Waals surface area (Å²) < 4.78 is 37.7. The molecule has 0 atom stereocenters. The molecule has 0 aliphatic carbocycles. The average Bonchev–Trinajstić information content (AvgIpc) is 3.08. The second-order valence-electron chi connectivity index (χ2n) is 7.18. The van der Waals surface area contributed by atoms with Crippen molar-refractivity contribution >= 4 is 15.9 Å². The molecule has 0 radical (unpaired) electrons. The van der Waals surface area contributed by atoms with E-state index in [1.165, 1.54) is 12.1 Å². The van der Waals surface area contributed by atoms with Gasteiger partial charge >= 0.3 is 0 Å². The smallest absolute Gasteiger partial charge is 0.289 e. The van der Waals surface area contributed by atoms with E-state index in [9.17, 15) is 13.2 Å². The summed E-state index contributed by atoms with van der Waals surface area (Å²) in [4.78, 5) is 14.4. The zero-order valence-corrected chi connectivity index (χ0v) is 16.9. The van der Waals surface area contributed by atoms with Gasteiger partial charge in [0.1, 0.15) is 0 Å². The molecule has 1 aromatic heterocycles. The highest BCUT2D eigenvalue weighted by atomic mass is 32.2. The number of nitrogens with one attached hydrogen (secondary N) is 1. The first kappa shape index (κ1) is 21.1. The van der Waals surface area contributed by atoms with Crippen molar-refractivity contribution in [2.45, 2.75) is 37.9 Å². The van der Waals surface area contributed by atoms with Gasteiger partial charge in [-0.1, -0.05) is 30.3 Å². The third-order valence-electron chi connectivity index (χ3n) is 3.57. The summed E-state index contributed by atoms with van der Waals surface area (Å²) >= 11 is 0. The molecule has 1 aromatic carbocycles. The van der Waals surface area contributed by atoms with Crippen LogP contribution < -0.4 is 4.72 Å². The van der Waals surface area contributed by atoms with Crippen LogP contribution >= 0.6 is 0 Å². The van der Waals surface area contributed by atoms with Crippen LogP contribution in [0.2, 0.25) is 0 Å². The number of methoxy groups -OCH3 is 1. The average molecular weight is 394 g/mol. The minimum Gasteiger partial charge on any atom is -0.438 e. The highest BCUT2D eigenvalue weighted by Crippen LogP contribution is 2.18. The molecule has 1 amide bonds. The molecule has 2 aromatic rings. The van der Waals surface area contributed by atoms with Crippen molar-refractivity contribution in [3.63, 3.8) is 0 Å². The van der Waals surface area contributed by atoms with Crippen LogP contribution in [-0.4, -0.2) is 45.0 Å². The van der Waals surface area contributed by atoms with Crippen LogP contribution in [0.3, 0.4) is 0 Å². The maximum Gasteiger partial charge on any atom is 0.289 e. The minimum absolute atomic E-state index is 0.0312. The summed E-state index contributed by atoms with van der Waals surface area (Å²) in [5, 5.41) is -0.285. The number of sulfonamides is 1. The van der Waals surface area contributed by atoms with Gasteiger partial charge in [0.05, 0.1) is 6.61 Å². The maximum absolute atomic E-state index is 12.8. The molecule has 1 heterocycles. The fourth-order valence-electron chi connectivity index (χ4n) is 2.45. The number of hydrogen-bond acceptors (Lipinski definition) is 5. The van der Waals surface area contributed by atoms with Crippen LogP contribution in [0.25, 0.3) is 0 Å². The van der Waals surface area contributed by atoms with Gasteiger partial charge in [0, 0.05) is 25.7 Å². The van der Waals surface area contributed by atoms with Crippen LogP contribution in [0, 0.1) is 0 Å². The van der Waals surface area contributed by atoms with Crippen LogP contribution in [-0.2, 0) is 21.3 Å². The van der Waals surface area contributed by atoms with Gasteiger partial charge in [-0.2, -0.15) is 0 Å². The number of benzene rings is 1. The highest BCUT2D eigenvalue weighted by Gasteiger charge is 2.27. The lowest BCUT2D eigenvalue weighted by Gasteiger charge is -2.21. The lowest BCUT2D eigenvalue weighted by Crippen LogP contribution is -2.40. The second kappa shape index (κ2) is 8.69. The Morgan fingerprint density at radius 1 is 1.15 bits per heavy atom. The quantitative estimate of drug-likeness (QED) is 0.743. The highest BCUT2D eigenvalue weighted by molar-refractivity contribution is 7.89. The largest absolute Gasteiger partial charge is 0.438 e. The molecular weight excluding hydrogens is 368 g/mol. The number of ether oxygens (including phenoxy) is 1. The second-order valence-corrected chi connectivity index (χ2v) is 8.79. The fourth-order valence-corrected chi connectivity index (χ4v) is 3.80. The minimum atomic E-state index is -3.84. The molecule has 0 aliphatic rings. The SMILES string of the molecule is COCCN(Cc1ccccc1)C(=O)c1ccc(S(=O)(=O)NC(C)(C)C)o1. The summed E-state index contributed by atoms with van der Waals surface area (Å²) in [6.45, 7) is 6.26. The number of furan rings is 1. The van der Waals surface area contributed by atoms with E-state index in [0.717, 1.165) is 5.56 Å².